The van der Waals surface area contributed by atoms with E-state index in [9.17, 15) is 9.59 Å². The smallest absolute Gasteiger partial charge is 0.248 e. The molecule has 0 radical (unpaired) electrons. The minimum atomic E-state index is -0.421. The van der Waals surface area contributed by atoms with Crippen molar-refractivity contribution < 1.29 is 14.3 Å². The average Bonchev–Trinajstić information content (AvgIpc) is 2.80. The molecule has 0 aliphatic heterocycles. The molecule has 9 nitrogen and oxygen atoms in total. The molecule has 2 aromatic carbocycles. The summed E-state index contributed by atoms with van der Waals surface area (Å²) < 4.78 is 6.35. The normalized spacial score (nSPS) is 11.2. The second-order valence-electron chi connectivity index (χ2n) is 7.62. The fraction of sp³-hybridized carbons (Fsp3) is 0.250. The van der Waals surface area contributed by atoms with E-state index in [2.05, 4.69) is 41.8 Å². The maximum Gasteiger partial charge on any atom is 0.248 e. The number of fused-ring (bicyclic) bond motifs is 1. The van der Waals surface area contributed by atoms with Gasteiger partial charge in [-0.15, -0.1) is 0 Å². The van der Waals surface area contributed by atoms with Gasteiger partial charge in [0.1, 0.15) is 12.1 Å². The minimum absolute atomic E-state index is 0.362. The highest BCUT2D eigenvalue weighted by Crippen LogP contribution is 2.26. The molecule has 178 valence electrons. The van der Waals surface area contributed by atoms with Crippen LogP contribution in [-0.4, -0.2) is 67.1 Å². The Balaban J connectivity index is 1.56. The maximum atomic E-state index is 12.3. The number of nitrogens with one attached hydrogen (secondary N) is 3. The largest absolute Gasteiger partial charge is 0.378 e. The molecule has 1 aromatic heterocycles. The van der Waals surface area contributed by atoms with E-state index in [1.165, 1.54) is 18.5 Å². The molecule has 0 atom stereocenters. The van der Waals surface area contributed by atoms with Crippen LogP contribution in [0.1, 0.15) is 0 Å². The van der Waals surface area contributed by atoms with Crippen LogP contribution in [0.3, 0.4) is 0 Å². The Morgan fingerprint density at radius 1 is 1.03 bits per heavy atom. The molecule has 3 rings (SSSR count). The first kappa shape index (κ1) is 25.3. The van der Waals surface area contributed by atoms with Gasteiger partial charge < -0.3 is 25.6 Å². The van der Waals surface area contributed by atoms with Crippen molar-refractivity contribution in [3.8, 4) is 0 Å². The summed E-state index contributed by atoms with van der Waals surface area (Å²) in [5.41, 5.74) is 2.15. The fourth-order valence-corrected chi connectivity index (χ4v) is 3.33. The summed E-state index contributed by atoms with van der Waals surface area (Å²) in [6.45, 7) is 2.19. The van der Waals surface area contributed by atoms with Gasteiger partial charge in [-0.05, 0) is 50.5 Å². The van der Waals surface area contributed by atoms with Crippen molar-refractivity contribution in [3.05, 3.63) is 65.4 Å². The highest BCUT2D eigenvalue weighted by molar-refractivity contribution is 9.10. The molecular weight excluding hydrogens is 500 g/mol. The molecule has 1 heterocycles. The van der Waals surface area contributed by atoms with E-state index in [1.807, 2.05) is 43.3 Å². The number of benzene rings is 2. The number of hydrogen-bond donors (Lipinski definition) is 3. The zero-order valence-corrected chi connectivity index (χ0v) is 20.6. The molecule has 0 aliphatic rings. The SMILES string of the molecule is CN(C)CCOCCNC(=O)C=CC(=O)Nc1ccc2ncnc(Nc3cccc(Br)c3)c2c1. The topological polar surface area (TPSA) is 108 Å². The quantitative estimate of drug-likeness (QED) is 0.259. The molecule has 0 saturated heterocycles. The van der Waals surface area contributed by atoms with Crippen molar-refractivity contribution in [1.29, 1.82) is 0 Å². The zero-order chi connectivity index (χ0) is 24.3. The Hall–Kier alpha value is -3.34. The van der Waals surface area contributed by atoms with Gasteiger partial charge in [0, 0.05) is 46.5 Å². The Labute approximate surface area is 206 Å². The number of anilines is 3. The second kappa shape index (κ2) is 12.8. The number of amides is 2. The van der Waals surface area contributed by atoms with E-state index in [0.29, 0.717) is 31.3 Å². The van der Waals surface area contributed by atoms with E-state index in [-0.39, 0.29) is 5.91 Å². The van der Waals surface area contributed by atoms with Crippen LogP contribution in [0.15, 0.2) is 65.4 Å². The van der Waals surface area contributed by atoms with Crippen LogP contribution < -0.4 is 16.0 Å². The van der Waals surface area contributed by atoms with Crippen molar-refractivity contribution in [2.75, 3.05) is 51.0 Å². The van der Waals surface area contributed by atoms with Crippen LogP contribution in [-0.2, 0) is 14.3 Å². The minimum Gasteiger partial charge on any atom is -0.378 e. The van der Waals surface area contributed by atoms with Gasteiger partial charge in [-0.1, -0.05) is 22.0 Å². The Bertz CT molecular complexity index is 1170. The number of aromatic nitrogens is 2. The average molecular weight is 527 g/mol. The molecule has 0 saturated carbocycles. The zero-order valence-electron chi connectivity index (χ0n) is 19.0. The summed E-state index contributed by atoms with van der Waals surface area (Å²) in [6.07, 6.45) is 3.86. The molecule has 3 aromatic rings. The van der Waals surface area contributed by atoms with Crippen LogP contribution in [0.25, 0.3) is 10.9 Å². The van der Waals surface area contributed by atoms with E-state index in [0.717, 1.165) is 27.6 Å². The lowest BCUT2D eigenvalue weighted by Crippen LogP contribution is -2.27. The third kappa shape index (κ3) is 8.22. The van der Waals surface area contributed by atoms with E-state index in [4.69, 9.17) is 4.74 Å². The molecular formula is C24H27BrN6O3. The lowest BCUT2D eigenvalue weighted by molar-refractivity contribution is -0.117. The predicted molar refractivity (Wildman–Crippen MR) is 137 cm³/mol. The first-order valence-corrected chi connectivity index (χ1v) is 11.5. The molecule has 0 unspecified atom stereocenters. The molecule has 0 bridgehead atoms. The number of nitrogens with zero attached hydrogens (tertiary/aromatic N) is 3. The van der Waals surface area contributed by atoms with Gasteiger partial charge in [0.15, 0.2) is 0 Å². The van der Waals surface area contributed by atoms with Gasteiger partial charge in [0.2, 0.25) is 11.8 Å². The summed E-state index contributed by atoms with van der Waals surface area (Å²) in [5, 5.41) is 9.45. The number of hydrogen-bond acceptors (Lipinski definition) is 7. The van der Waals surface area contributed by atoms with Gasteiger partial charge >= 0.3 is 0 Å². The summed E-state index contributed by atoms with van der Waals surface area (Å²) in [7, 11) is 3.93. The third-order valence-electron chi connectivity index (χ3n) is 4.60. The molecule has 0 spiro atoms. The third-order valence-corrected chi connectivity index (χ3v) is 5.10. The van der Waals surface area contributed by atoms with Gasteiger partial charge in [-0.3, -0.25) is 9.59 Å². The van der Waals surface area contributed by atoms with Crippen molar-refractivity contribution in [2.24, 2.45) is 0 Å². The Morgan fingerprint density at radius 2 is 1.85 bits per heavy atom. The monoisotopic (exact) mass is 526 g/mol. The van der Waals surface area contributed by atoms with Crippen LogP contribution in [0, 0.1) is 0 Å². The summed E-state index contributed by atoms with van der Waals surface area (Å²) in [5.74, 6) is -0.171. The van der Waals surface area contributed by atoms with Crippen LogP contribution in [0.2, 0.25) is 0 Å². The van der Waals surface area contributed by atoms with Crippen molar-refractivity contribution in [1.82, 2.24) is 20.2 Å². The first-order chi connectivity index (χ1) is 16.4. The van der Waals surface area contributed by atoms with Crippen molar-refractivity contribution in [3.63, 3.8) is 0 Å². The number of rotatable bonds is 11. The summed E-state index contributed by atoms with van der Waals surface area (Å²) >= 11 is 3.45. The number of carbonyl (C=O) groups excluding carboxylic acids is 2. The number of halogens is 1. The predicted octanol–water partition coefficient (Wildman–Crippen LogP) is 3.33. The van der Waals surface area contributed by atoms with Gasteiger partial charge in [0.25, 0.3) is 0 Å². The Kier molecular flexibility index (Phi) is 9.51. The maximum absolute atomic E-state index is 12.3. The van der Waals surface area contributed by atoms with Crippen molar-refractivity contribution in [2.45, 2.75) is 0 Å². The highest BCUT2D eigenvalue weighted by atomic mass is 79.9. The molecule has 2 amide bonds. The van der Waals surface area contributed by atoms with Gasteiger partial charge in [0.05, 0.1) is 18.7 Å². The number of carbonyl (C=O) groups is 2. The second-order valence-corrected chi connectivity index (χ2v) is 8.53. The highest BCUT2D eigenvalue weighted by Gasteiger charge is 2.07. The van der Waals surface area contributed by atoms with Crippen LogP contribution >= 0.6 is 15.9 Å². The summed E-state index contributed by atoms with van der Waals surface area (Å²) in [6, 6.07) is 13.0. The first-order valence-electron chi connectivity index (χ1n) is 10.7. The molecule has 0 aliphatic carbocycles. The lowest BCUT2D eigenvalue weighted by Gasteiger charge is -2.10. The van der Waals surface area contributed by atoms with Crippen LogP contribution in [0.5, 0.6) is 0 Å². The molecule has 34 heavy (non-hydrogen) atoms. The molecule has 0 fully saturated rings. The molecule has 3 N–H and O–H groups in total. The van der Waals surface area contributed by atoms with Crippen molar-refractivity contribution >= 4 is 55.8 Å². The molecule has 10 heteroatoms. The van der Waals surface area contributed by atoms with Crippen LogP contribution in [0.4, 0.5) is 17.2 Å². The van der Waals surface area contributed by atoms with E-state index < -0.39 is 5.91 Å². The Morgan fingerprint density at radius 3 is 2.65 bits per heavy atom. The van der Waals surface area contributed by atoms with Gasteiger partial charge in [-0.25, -0.2) is 9.97 Å². The number of ether oxygens (including phenoxy) is 1. The van der Waals surface area contributed by atoms with Gasteiger partial charge in [-0.2, -0.15) is 0 Å². The lowest BCUT2D eigenvalue weighted by atomic mass is 10.2. The summed E-state index contributed by atoms with van der Waals surface area (Å²) in [4.78, 5) is 34.8. The number of likely N-dealkylation sites (N-methyl/N-ethyl adjacent to an activating group) is 1. The standard InChI is InChI=1S/C24H27BrN6O3/c1-31(2)11-13-34-12-10-26-22(32)8-9-23(33)29-19-6-7-21-20(15-19)24(28-16-27-21)30-18-5-3-4-17(25)14-18/h3-9,14-16H,10-13H2,1-2H3,(H,26,32)(H,29,33)(H,27,28,30). The van der Waals surface area contributed by atoms with E-state index in [1.54, 1.807) is 18.2 Å². The van der Waals surface area contributed by atoms with E-state index >= 15 is 0 Å². The fourth-order valence-electron chi connectivity index (χ4n) is 2.93.